The molecule has 0 aromatic carbocycles. The molecule has 0 aromatic rings. The lowest BCUT2D eigenvalue weighted by Gasteiger charge is -2.44. The fraction of sp³-hybridized carbons (Fsp3) is 0.609. The van der Waals surface area contributed by atoms with E-state index in [1.165, 1.54) is 51.4 Å². The first-order valence-corrected chi connectivity index (χ1v) is 26.6. The Balaban J connectivity index is -0.0000000804. The fourth-order valence-electron chi connectivity index (χ4n) is 5.85. The van der Waals surface area contributed by atoms with Crippen molar-refractivity contribution < 1.29 is 117 Å². The van der Waals surface area contributed by atoms with Crippen LogP contribution in [0.4, 0.5) is 0 Å². The van der Waals surface area contributed by atoms with E-state index in [0.29, 0.717) is 12.8 Å². The van der Waals surface area contributed by atoms with Crippen LogP contribution in [0.1, 0.15) is 138 Å². The van der Waals surface area contributed by atoms with E-state index in [1.54, 1.807) is 0 Å². The normalized spacial score (nSPS) is 19.1. The Morgan fingerprint density at radius 1 is 0.571 bits per heavy atom. The number of carbonyl (C=O) groups excluding carboxylic acids is 2. The molecule has 1 aliphatic rings. The first-order valence-electron chi connectivity index (χ1n) is 22.0. The second kappa shape index (κ2) is 39.2. The smallest absolute Gasteiger partial charge is 0.457 e. The van der Waals surface area contributed by atoms with Crippen molar-refractivity contribution in [2.75, 3.05) is 20.0 Å². The van der Waals surface area contributed by atoms with Gasteiger partial charge in [0, 0.05) is 81.7 Å². The first kappa shape index (κ1) is 65.5. The molecular formula is C46H92NO20P3. The van der Waals surface area contributed by atoms with Crippen molar-refractivity contribution in [2.45, 2.75) is 159 Å². The van der Waals surface area contributed by atoms with Crippen LogP contribution in [0.3, 0.4) is 0 Å². The van der Waals surface area contributed by atoms with Crippen molar-refractivity contribution in [3.8, 4) is 95.4 Å². The summed E-state index contributed by atoms with van der Waals surface area (Å²) < 4.78 is 63.4. The van der Waals surface area contributed by atoms with Gasteiger partial charge in [0.25, 0.3) is 0 Å². The third-order valence-corrected chi connectivity index (χ3v) is 11.0. The maximum Gasteiger partial charge on any atom is 0.472 e. The minimum Gasteiger partial charge on any atom is -0.457 e. The number of ether oxygens (including phenoxy) is 2. The minimum atomic E-state index is -5.56. The van der Waals surface area contributed by atoms with Gasteiger partial charge < -0.3 is 54.4 Å². The van der Waals surface area contributed by atoms with Gasteiger partial charge in [0.05, 0.1) is 13.2 Å². The minimum absolute atomic E-state index is 0. The molecule has 0 radical (unpaired) electrons. The number of terminal acetylenes is 1. The molecule has 0 saturated heterocycles. The SMILES string of the molecule is C#CC#CC#CC#CC#CC#CC#CC#CNC(=O)CCC.CCCCCCCCCCCCCCCC(=O)O[C@H](COCO)COP(=O)(O)OC1C(O)[C@H](OP(=O)(O)O)[C@H](OP(=O)(O)O)C(O)[C@@H]1O.[HH].[HH].[HH].[HH].[HH].[HH].[HH].[HH].[HH].[HH].[HH].[HH].[HH].[HH].[HH]. The van der Waals surface area contributed by atoms with Gasteiger partial charge in [0.15, 0.2) is 0 Å². The number of unbranched alkanes of at least 4 members (excludes halogenated alkanes) is 12. The number of aliphatic hydroxyl groups is 4. The molecule has 8 atom stereocenters. The molecule has 1 aliphatic carbocycles. The molecule has 1 amide bonds. The number of nitrogens with one attached hydrogen (secondary N) is 1. The third-order valence-electron chi connectivity index (χ3n) is 8.96. The van der Waals surface area contributed by atoms with Crippen LogP contribution in [-0.4, -0.2) is 120 Å². The number of rotatable bonds is 29. The van der Waals surface area contributed by atoms with Crippen molar-refractivity contribution in [1.82, 2.24) is 5.32 Å². The Labute approximate surface area is 432 Å². The molecular weight excluding hydrogens is 979 g/mol. The van der Waals surface area contributed by atoms with Crippen LogP contribution in [0, 0.1) is 95.4 Å². The van der Waals surface area contributed by atoms with Gasteiger partial charge in [-0.15, -0.1) is 6.42 Å². The van der Waals surface area contributed by atoms with E-state index >= 15 is 0 Å². The van der Waals surface area contributed by atoms with Gasteiger partial charge in [0.1, 0.15) is 49.5 Å². The summed E-state index contributed by atoms with van der Waals surface area (Å²) in [5, 5.41) is 42.6. The van der Waals surface area contributed by atoms with E-state index in [2.05, 4.69) is 110 Å². The number of amides is 1. The summed E-state index contributed by atoms with van der Waals surface area (Å²) >= 11 is 0. The Hall–Kier alpha value is -4.45. The lowest BCUT2D eigenvalue weighted by Crippen LogP contribution is -2.65. The number of phosphoric ester groups is 3. The molecule has 10 N–H and O–H groups in total. The van der Waals surface area contributed by atoms with Crippen molar-refractivity contribution in [3.63, 3.8) is 0 Å². The zero-order chi connectivity index (χ0) is 52.7. The predicted molar refractivity (Wildman–Crippen MR) is 284 cm³/mol. The van der Waals surface area contributed by atoms with E-state index in [-0.39, 0.29) is 33.7 Å². The molecule has 1 saturated carbocycles. The highest BCUT2D eigenvalue weighted by Crippen LogP contribution is 2.51. The van der Waals surface area contributed by atoms with Gasteiger partial charge in [-0.2, -0.15) is 0 Å². The molecule has 1 rings (SSSR count). The molecule has 0 bridgehead atoms. The standard InChI is InChI=1S/C26H53O19P3.C20H9NO.15H2/c1-2-3-4-5-6-7-8-9-10-11-12-13-14-15-20(28)42-19(16-40-18-27)17-41-48(38,39)45-24-21(29)22(30)25(43-46(32,33)34)26(23(24)31)44-47(35,36)37;1-3-5-6-7-8-9-10-11-12-13-14-15-16-17-19-21-20(22)18-4-2;;;;;;;;;;;;;;;/h19,21-27,29-31H,2-18H2,1H3,(H,38,39)(H2,32,33,34)(H2,35,36,37);1H,4,18H2,2H3,(H,21,22);15*1H/t19-,21+,22?,23?,24?,25-,26+;;;;;;;;;;;;;;;;/m1................/s1. The molecule has 1 fully saturated rings. The van der Waals surface area contributed by atoms with Crippen LogP contribution in [-0.2, 0) is 50.9 Å². The van der Waals surface area contributed by atoms with E-state index in [4.69, 9.17) is 49.6 Å². The lowest BCUT2D eigenvalue weighted by atomic mass is 9.85. The summed E-state index contributed by atoms with van der Waals surface area (Å²) in [6.45, 7) is 1.96. The molecule has 416 valence electrons. The second-order valence-corrected chi connectivity index (χ2v) is 18.5. The highest BCUT2D eigenvalue weighted by atomic mass is 31.2. The highest BCUT2D eigenvalue weighted by Gasteiger charge is 2.56. The summed E-state index contributed by atoms with van der Waals surface area (Å²) in [5.41, 5.74) is 0. The summed E-state index contributed by atoms with van der Waals surface area (Å²) in [7, 11) is -16.4. The number of phosphoric acid groups is 3. The zero-order valence-electron chi connectivity index (χ0n) is 38.9. The predicted octanol–water partition coefficient (Wildman–Crippen LogP) is 6.11. The van der Waals surface area contributed by atoms with Crippen LogP contribution >= 0.6 is 23.5 Å². The van der Waals surface area contributed by atoms with Gasteiger partial charge >= 0.3 is 29.4 Å². The lowest BCUT2D eigenvalue weighted by molar-refractivity contribution is -0.213. The van der Waals surface area contributed by atoms with Crippen molar-refractivity contribution in [2.24, 2.45) is 0 Å². The Kier molecular flexibility index (Phi) is 36.7. The van der Waals surface area contributed by atoms with Crippen molar-refractivity contribution in [3.05, 3.63) is 0 Å². The molecule has 0 aromatic heterocycles. The number of esters is 1. The molecule has 4 unspecified atom stereocenters. The van der Waals surface area contributed by atoms with E-state index in [1.807, 2.05) is 6.92 Å². The van der Waals surface area contributed by atoms with Crippen molar-refractivity contribution >= 4 is 35.3 Å². The quantitative estimate of drug-likeness (QED) is 0.0101. The molecule has 70 heavy (non-hydrogen) atoms. The molecule has 24 heteroatoms. The fourth-order valence-corrected chi connectivity index (χ4v) is 7.94. The van der Waals surface area contributed by atoms with Gasteiger partial charge in [-0.05, 0) is 54.3 Å². The van der Waals surface area contributed by atoms with Crippen LogP contribution < -0.4 is 5.32 Å². The maximum absolute atomic E-state index is 12.7. The zero-order valence-corrected chi connectivity index (χ0v) is 41.6. The average Bonchev–Trinajstić information content (AvgIpc) is 3.29. The van der Waals surface area contributed by atoms with E-state index in [0.717, 1.165) is 32.1 Å². The topological polar surface area (TPSA) is 335 Å². The number of aliphatic hydroxyl groups excluding tert-OH is 4. The summed E-state index contributed by atoms with van der Waals surface area (Å²) in [6, 6.07) is 2.42. The number of carbonyl (C=O) groups is 2. The van der Waals surface area contributed by atoms with Gasteiger partial charge in [-0.25, -0.2) is 13.7 Å². The van der Waals surface area contributed by atoms with Gasteiger partial charge in [-0.1, -0.05) is 90.9 Å². The highest BCUT2D eigenvalue weighted by molar-refractivity contribution is 7.47. The van der Waals surface area contributed by atoms with E-state index < -0.39 is 92.2 Å². The molecule has 0 spiro atoms. The maximum atomic E-state index is 12.7. The van der Waals surface area contributed by atoms with Crippen LogP contribution in [0.25, 0.3) is 0 Å². The summed E-state index contributed by atoms with van der Waals surface area (Å²) in [5.74, 6) is 33.1. The van der Waals surface area contributed by atoms with Gasteiger partial charge in [0.2, 0.25) is 5.91 Å². The number of hydrogen-bond donors (Lipinski definition) is 10. The summed E-state index contributed by atoms with van der Waals surface area (Å²) in [4.78, 5) is 70.1. The monoisotopic (exact) mass is 1070 g/mol. The number of hydrogen-bond acceptors (Lipinski definition) is 15. The average molecular weight is 1070 g/mol. The Morgan fingerprint density at radius 3 is 1.44 bits per heavy atom. The second-order valence-electron chi connectivity index (χ2n) is 14.7. The molecule has 0 heterocycles. The van der Waals surface area contributed by atoms with Crippen molar-refractivity contribution in [1.29, 1.82) is 0 Å². The van der Waals surface area contributed by atoms with Crippen LogP contribution in [0.15, 0.2) is 0 Å². The first-order chi connectivity index (χ1) is 33.2. The molecule has 0 aliphatic heterocycles. The van der Waals surface area contributed by atoms with Crippen LogP contribution in [0.2, 0.25) is 0 Å². The largest absolute Gasteiger partial charge is 0.472 e. The third kappa shape index (κ3) is 35.6. The van der Waals surface area contributed by atoms with E-state index in [9.17, 15) is 43.5 Å². The molecule has 21 nitrogen and oxygen atoms in total. The van der Waals surface area contributed by atoms with Gasteiger partial charge in [-0.3, -0.25) is 33.0 Å². The Morgan fingerprint density at radius 2 is 1.00 bits per heavy atom. The van der Waals surface area contributed by atoms with Crippen LogP contribution in [0.5, 0.6) is 0 Å². The summed E-state index contributed by atoms with van der Waals surface area (Å²) in [6.07, 6.45) is 4.43. The Bertz CT molecular complexity index is 2300.